The minimum Gasteiger partial charge on any atom is -0.465 e. The molecule has 1 aromatic rings. The van der Waals surface area contributed by atoms with Crippen LogP contribution < -0.4 is 5.32 Å². The fraction of sp³-hybridized carbons (Fsp3) is 0.529. The van der Waals surface area contributed by atoms with Crippen molar-refractivity contribution in [3.05, 3.63) is 35.9 Å². The van der Waals surface area contributed by atoms with E-state index in [1.807, 2.05) is 23.1 Å². The zero-order chi connectivity index (χ0) is 16.2. The first-order valence-electron chi connectivity index (χ1n) is 8.18. The molecule has 0 aromatic heterocycles. The van der Waals surface area contributed by atoms with Gasteiger partial charge in [0.25, 0.3) is 0 Å². The molecule has 1 aromatic carbocycles. The van der Waals surface area contributed by atoms with Crippen LogP contribution in [0.5, 0.6) is 0 Å². The smallest absolute Gasteiger partial charge is 0.404 e. The van der Waals surface area contributed by atoms with E-state index in [2.05, 4.69) is 22.3 Å². The van der Waals surface area contributed by atoms with Gasteiger partial charge in [-0.15, -0.1) is 0 Å². The van der Waals surface area contributed by atoms with Gasteiger partial charge in [-0.1, -0.05) is 30.3 Å². The van der Waals surface area contributed by atoms with E-state index in [1.165, 1.54) is 5.56 Å². The maximum atomic E-state index is 12.2. The van der Waals surface area contributed by atoms with Gasteiger partial charge in [-0.2, -0.15) is 0 Å². The van der Waals surface area contributed by atoms with Crippen LogP contribution in [0.2, 0.25) is 0 Å². The molecule has 6 heteroatoms. The van der Waals surface area contributed by atoms with Crippen LogP contribution >= 0.6 is 0 Å². The van der Waals surface area contributed by atoms with E-state index in [9.17, 15) is 9.59 Å². The second kappa shape index (κ2) is 7.00. The predicted octanol–water partition coefficient (Wildman–Crippen LogP) is 1.52. The Balaban J connectivity index is 1.71. The third kappa shape index (κ3) is 3.82. The standard InChI is InChI=1S/C17H23N3O3/c21-16-8-4-5-9-20(16)15-12-19(11-14(15)18-17(22)23)10-13-6-2-1-3-7-13/h1-3,6-7,14-15,18H,4-5,8-12H2,(H,22,23)/t14-,15+/m0/s1. The summed E-state index contributed by atoms with van der Waals surface area (Å²) in [7, 11) is 0. The van der Waals surface area contributed by atoms with Crippen LogP contribution in [-0.2, 0) is 11.3 Å². The lowest BCUT2D eigenvalue weighted by Gasteiger charge is -2.35. The molecule has 6 nitrogen and oxygen atoms in total. The molecule has 0 radical (unpaired) electrons. The lowest BCUT2D eigenvalue weighted by atomic mass is 10.0. The molecular weight excluding hydrogens is 294 g/mol. The van der Waals surface area contributed by atoms with Crippen molar-refractivity contribution in [3.8, 4) is 0 Å². The monoisotopic (exact) mass is 317 g/mol. The second-order valence-corrected chi connectivity index (χ2v) is 6.35. The van der Waals surface area contributed by atoms with E-state index < -0.39 is 6.09 Å². The highest BCUT2D eigenvalue weighted by Gasteiger charge is 2.40. The number of carboxylic acid groups (broad SMARTS) is 1. The average Bonchev–Trinajstić information content (AvgIpc) is 2.90. The third-order valence-corrected chi connectivity index (χ3v) is 4.68. The third-order valence-electron chi connectivity index (χ3n) is 4.68. The van der Waals surface area contributed by atoms with Gasteiger partial charge in [-0.05, 0) is 18.4 Å². The summed E-state index contributed by atoms with van der Waals surface area (Å²) in [5.41, 5.74) is 1.20. The Morgan fingerprint density at radius 2 is 2.00 bits per heavy atom. The van der Waals surface area contributed by atoms with Crippen LogP contribution in [0.1, 0.15) is 24.8 Å². The van der Waals surface area contributed by atoms with E-state index >= 15 is 0 Å². The summed E-state index contributed by atoms with van der Waals surface area (Å²) in [6, 6.07) is 9.84. The number of hydrogen-bond donors (Lipinski definition) is 2. The molecule has 0 unspecified atom stereocenters. The van der Waals surface area contributed by atoms with Gasteiger partial charge in [0.2, 0.25) is 5.91 Å². The number of carbonyl (C=O) groups excluding carboxylic acids is 1. The molecule has 2 atom stereocenters. The van der Waals surface area contributed by atoms with Crippen molar-refractivity contribution in [1.29, 1.82) is 0 Å². The lowest BCUT2D eigenvalue weighted by molar-refractivity contribution is -0.135. The maximum Gasteiger partial charge on any atom is 0.404 e. The summed E-state index contributed by atoms with van der Waals surface area (Å²) in [4.78, 5) is 27.4. The summed E-state index contributed by atoms with van der Waals surface area (Å²) < 4.78 is 0. The molecular formula is C17H23N3O3. The molecule has 0 spiro atoms. The summed E-state index contributed by atoms with van der Waals surface area (Å²) in [6.45, 7) is 2.86. The molecule has 2 aliphatic heterocycles. The molecule has 2 fully saturated rings. The van der Waals surface area contributed by atoms with E-state index in [4.69, 9.17) is 5.11 Å². The van der Waals surface area contributed by atoms with Gasteiger partial charge >= 0.3 is 6.09 Å². The normalized spacial score (nSPS) is 25.6. The van der Waals surface area contributed by atoms with Crippen molar-refractivity contribution in [1.82, 2.24) is 15.1 Å². The first-order chi connectivity index (χ1) is 11.1. The lowest BCUT2D eigenvalue weighted by Crippen LogP contribution is -2.54. The summed E-state index contributed by atoms with van der Waals surface area (Å²) in [6.07, 6.45) is 1.49. The Labute approximate surface area is 136 Å². The number of amides is 2. The highest BCUT2D eigenvalue weighted by atomic mass is 16.4. The molecule has 2 aliphatic rings. The second-order valence-electron chi connectivity index (χ2n) is 6.35. The number of hydrogen-bond acceptors (Lipinski definition) is 3. The Morgan fingerprint density at radius 3 is 2.70 bits per heavy atom. The van der Waals surface area contributed by atoms with Crippen LogP contribution in [0.15, 0.2) is 30.3 Å². The molecule has 0 bridgehead atoms. The first-order valence-corrected chi connectivity index (χ1v) is 8.18. The molecule has 23 heavy (non-hydrogen) atoms. The number of piperidine rings is 1. The van der Waals surface area contributed by atoms with E-state index in [0.29, 0.717) is 19.5 Å². The van der Waals surface area contributed by atoms with Crippen molar-refractivity contribution in [2.45, 2.75) is 37.9 Å². The minimum absolute atomic E-state index is 0.0670. The van der Waals surface area contributed by atoms with Gasteiger partial charge in [0, 0.05) is 32.6 Å². The fourth-order valence-corrected chi connectivity index (χ4v) is 3.63. The van der Waals surface area contributed by atoms with E-state index in [0.717, 1.165) is 25.9 Å². The van der Waals surface area contributed by atoms with Crippen LogP contribution in [0, 0.1) is 0 Å². The number of nitrogens with zero attached hydrogens (tertiary/aromatic N) is 2. The number of carbonyl (C=O) groups is 2. The van der Waals surface area contributed by atoms with Gasteiger partial charge in [-0.3, -0.25) is 9.69 Å². The minimum atomic E-state index is -1.02. The summed E-state index contributed by atoms with van der Waals surface area (Å²) in [5, 5.41) is 11.7. The molecule has 2 saturated heterocycles. The van der Waals surface area contributed by atoms with E-state index in [-0.39, 0.29) is 18.0 Å². The Morgan fingerprint density at radius 1 is 1.22 bits per heavy atom. The number of likely N-dealkylation sites (tertiary alicyclic amines) is 2. The Bertz CT molecular complexity index is 563. The maximum absolute atomic E-state index is 12.2. The van der Waals surface area contributed by atoms with Crippen molar-refractivity contribution in [2.24, 2.45) is 0 Å². The van der Waals surface area contributed by atoms with Crippen LogP contribution in [-0.4, -0.2) is 58.6 Å². The molecule has 0 saturated carbocycles. The Kier molecular flexibility index (Phi) is 4.81. The topological polar surface area (TPSA) is 72.9 Å². The number of benzene rings is 1. The van der Waals surface area contributed by atoms with Crippen LogP contribution in [0.25, 0.3) is 0 Å². The van der Waals surface area contributed by atoms with Gasteiger partial charge in [0.15, 0.2) is 0 Å². The van der Waals surface area contributed by atoms with Crippen LogP contribution in [0.3, 0.4) is 0 Å². The zero-order valence-corrected chi connectivity index (χ0v) is 13.1. The molecule has 124 valence electrons. The Hall–Kier alpha value is -2.08. The van der Waals surface area contributed by atoms with Crippen molar-refractivity contribution in [3.63, 3.8) is 0 Å². The fourth-order valence-electron chi connectivity index (χ4n) is 3.63. The quantitative estimate of drug-likeness (QED) is 0.883. The average molecular weight is 317 g/mol. The van der Waals surface area contributed by atoms with Gasteiger partial charge in [0.05, 0.1) is 12.1 Å². The molecule has 2 heterocycles. The predicted molar refractivity (Wildman–Crippen MR) is 86.0 cm³/mol. The van der Waals surface area contributed by atoms with Crippen molar-refractivity contribution in [2.75, 3.05) is 19.6 Å². The summed E-state index contributed by atoms with van der Waals surface area (Å²) in [5.74, 6) is 0.153. The molecule has 2 amide bonds. The zero-order valence-electron chi connectivity index (χ0n) is 13.1. The molecule has 0 aliphatic carbocycles. The van der Waals surface area contributed by atoms with Gasteiger partial charge in [-0.25, -0.2) is 4.79 Å². The highest BCUT2D eigenvalue weighted by molar-refractivity contribution is 5.77. The number of rotatable bonds is 4. The number of nitrogens with one attached hydrogen (secondary N) is 1. The van der Waals surface area contributed by atoms with Gasteiger partial charge < -0.3 is 15.3 Å². The molecule has 2 N–H and O–H groups in total. The van der Waals surface area contributed by atoms with Gasteiger partial charge in [0.1, 0.15) is 0 Å². The van der Waals surface area contributed by atoms with Crippen molar-refractivity contribution < 1.29 is 14.7 Å². The van der Waals surface area contributed by atoms with Crippen molar-refractivity contribution >= 4 is 12.0 Å². The largest absolute Gasteiger partial charge is 0.465 e. The SMILES string of the molecule is O=C(O)N[C@H]1CN(Cc2ccccc2)C[C@H]1N1CCCCC1=O. The highest BCUT2D eigenvalue weighted by Crippen LogP contribution is 2.23. The van der Waals surface area contributed by atoms with Crippen LogP contribution in [0.4, 0.5) is 4.79 Å². The first kappa shape index (κ1) is 15.8. The van der Waals surface area contributed by atoms with E-state index in [1.54, 1.807) is 0 Å². The summed E-state index contributed by atoms with van der Waals surface area (Å²) >= 11 is 0. The molecule has 3 rings (SSSR count).